The number of carbonyl (C=O) groups excluding carboxylic acids is 1. The highest BCUT2D eigenvalue weighted by atomic mass is 19.1. The third kappa shape index (κ3) is 3.52. The average molecular weight is 266 g/mol. The van der Waals surface area contributed by atoms with Crippen LogP contribution >= 0.6 is 0 Å². The number of aliphatic hydroxyl groups excluding tert-OH is 1. The van der Waals surface area contributed by atoms with Crippen LogP contribution in [0.3, 0.4) is 0 Å². The molecule has 3 atom stereocenters. The van der Waals surface area contributed by atoms with Crippen molar-refractivity contribution >= 4 is 5.91 Å². The summed E-state index contributed by atoms with van der Waals surface area (Å²) in [6, 6.07) is 6.10. The van der Waals surface area contributed by atoms with Gasteiger partial charge in [-0.2, -0.15) is 0 Å². The Hall–Kier alpha value is -1.46. The molecule has 1 aliphatic rings. The second-order valence-corrected chi connectivity index (χ2v) is 5.05. The Morgan fingerprint density at radius 2 is 2.21 bits per heavy atom. The summed E-state index contributed by atoms with van der Waals surface area (Å²) in [6.45, 7) is 0.0193. The van der Waals surface area contributed by atoms with Crippen molar-refractivity contribution in [2.45, 2.75) is 31.4 Å². The van der Waals surface area contributed by atoms with E-state index in [0.717, 1.165) is 12.8 Å². The number of aliphatic hydroxyl groups is 1. The van der Waals surface area contributed by atoms with Crippen molar-refractivity contribution in [3.63, 3.8) is 0 Å². The summed E-state index contributed by atoms with van der Waals surface area (Å²) in [5.41, 5.74) is 5.95. The lowest BCUT2D eigenvalue weighted by Crippen LogP contribution is -2.33. The number of halogens is 1. The minimum atomic E-state index is -1.03. The van der Waals surface area contributed by atoms with Crippen LogP contribution in [0, 0.1) is 11.7 Å². The Bertz CT molecular complexity index is 453. The summed E-state index contributed by atoms with van der Waals surface area (Å²) in [5, 5.41) is 12.5. The van der Waals surface area contributed by atoms with E-state index in [1.807, 2.05) is 0 Å². The predicted octanol–water partition coefficient (Wildman–Crippen LogP) is 1.10. The average Bonchev–Trinajstić information content (AvgIpc) is 2.83. The second kappa shape index (κ2) is 6.12. The first-order chi connectivity index (χ1) is 9.08. The van der Waals surface area contributed by atoms with Crippen molar-refractivity contribution in [2.24, 2.45) is 11.7 Å². The summed E-state index contributed by atoms with van der Waals surface area (Å²) in [6.07, 6.45) is 1.29. The lowest BCUT2D eigenvalue weighted by molar-refractivity contribution is -0.125. The van der Waals surface area contributed by atoms with Crippen LogP contribution in [0.5, 0.6) is 0 Å². The molecule has 2 rings (SSSR count). The van der Waals surface area contributed by atoms with Gasteiger partial charge in [-0.15, -0.1) is 0 Å². The van der Waals surface area contributed by atoms with E-state index in [4.69, 9.17) is 5.73 Å². The molecule has 1 saturated carbocycles. The van der Waals surface area contributed by atoms with Gasteiger partial charge in [-0.1, -0.05) is 18.2 Å². The van der Waals surface area contributed by atoms with Crippen LogP contribution in [-0.2, 0) is 4.79 Å². The molecule has 0 unspecified atom stereocenters. The molecule has 0 saturated heterocycles. The van der Waals surface area contributed by atoms with Gasteiger partial charge in [0.25, 0.3) is 0 Å². The van der Waals surface area contributed by atoms with E-state index in [1.165, 1.54) is 12.1 Å². The number of hydrogen-bond donors (Lipinski definition) is 3. The molecule has 5 heteroatoms. The van der Waals surface area contributed by atoms with Crippen molar-refractivity contribution < 1.29 is 14.3 Å². The molecule has 1 fully saturated rings. The first kappa shape index (κ1) is 14.0. The molecule has 0 radical (unpaired) electrons. The maximum atomic E-state index is 13.4. The van der Waals surface area contributed by atoms with Gasteiger partial charge >= 0.3 is 0 Å². The maximum Gasteiger partial charge on any atom is 0.223 e. The highest BCUT2D eigenvalue weighted by Gasteiger charge is 2.28. The van der Waals surface area contributed by atoms with Crippen molar-refractivity contribution in [1.82, 2.24) is 5.32 Å². The molecule has 0 aromatic heterocycles. The molecule has 1 aliphatic carbocycles. The van der Waals surface area contributed by atoms with Gasteiger partial charge in [-0.3, -0.25) is 4.79 Å². The van der Waals surface area contributed by atoms with Crippen molar-refractivity contribution in [3.05, 3.63) is 35.6 Å². The molecule has 104 valence electrons. The standard InChI is InChI=1S/C14H19FN2O2/c15-12-4-2-1-3-11(12)13(18)8-17-14(19)9-5-6-10(16)7-9/h1-4,9-10,13,18H,5-8,16H2,(H,17,19)/t9-,10-,13-/m1/s1. The number of benzene rings is 1. The molecule has 0 heterocycles. The molecule has 0 bridgehead atoms. The van der Waals surface area contributed by atoms with Crippen LogP contribution in [0.25, 0.3) is 0 Å². The third-order valence-corrected chi connectivity index (χ3v) is 3.58. The van der Waals surface area contributed by atoms with Crippen LogP contribution < -0.4 is 11.1 Å². The van der Waals surface area contributed by atoms with Gasteiger partial charge in [0.05, 0.1) is 6.10 Å². The van der Waals surface area contributed by atoms with Gasteiger partial charge in [0, 0.05) is 24.1 Å². The largest absolute Gasteiger partial charge is 0.386 e. The number of amides is 1. The van der Waals surface area contributed by atoms with Crippen LogP contribution in [0.2, 0.25) is 0 Å². The summed E-state index contributed by atoms with van der Waals surface area (Å²) >= 11 is 0. The SMILES string of the molecule is N[C@@H]1CC[C@@H](C(=O)NC[C@@H](O)c2ccccc2F)C1. The molecule has 4 nitrogen and oxygen atoms in total. The monoisotopic (exact) mass is 266 g/mol. The zero-order valence-corrected chi connectivity index (χ0v) is 10.7. The molecular formula is C14H19FN2O2. The predicted molar refractivity (Wildman–Crippen MR) is 69.7 cm³/mol. The summed E-state index contributed by atoms with van der Waals surface area (Å²) in [5.74, 6) is -0.654. The topological polar surface area (TPSA) is 75.4 Å². The number of nitrogens with two attached hydrogens (primary N) is 1. The van der Waals surface area contributed by atoms with E-state index in [-0.39, 0.29) is 30.0 Å². The number of hydrogen-bond acceptors (Lipinski definition) is 3. The fraction of sp³-hybridized carbons (Fsp3) is 0.500. The minimum absolute atomic E-state index is 0.0193. The Kier molecular flexibility index (Phi) is 4.50. The van der Waals surface area contributed by atoms with E-state index < -0.39 is 11.9 Å². The molecule has 1 amide bonds. The normalized spacial score (nSPS) is 24.2. The fourth-order valence-corrected chi connectivity index (χ4v) is 2.45. The third-order valence-electron chi connectivity index (χ3n) is 3.58. The van der Waals surface area contributed by atoms with E-state index in [0.29, 0.717) is 6.42 Å². The molecular weight excluding hydrogens is 247 g/mol. The zero-order valence-electron chi connectivity index (χ0n) is 10.7. The second-order valence-electron chi connectivity index (χ2n) is 5.05. The van der Waals surface area contributed by atoms with Crippen LogP contribution in [-0.4, -0.2) is 23.6 Å². The number of carbonyl (C=O) groups is 1. The lowest BCUT2D eigenvalue weighted by Gasteiger charge is -2.15. The Morgan fingerprint density at radius 3 is 2.84 bits per heavy atom. The molecule has 4 N–H and O–H groups in total. The maximum absolute atomic E-state index is 13.4. The molecule has 0 aliphatic heterocycles. The number of rotatable bonds is 4. The highest BCUT2D eigenvalue weighted by molar-refractivity contribution is 5.79. The lowest BCUT2D eigenvalue weighted by atomic mass is 10.1. The van der Waals surface area contributed by atoms with Crippen molar-refractivity contribution in [1.29, 1.82) is 0 Å². The van der Waals surface area contributed by atoms with Gasteiger partial charge in [0.15, 0.2) is 0 Å². The minimum Gasteiger partial charge on any atom is -0.386 e. The first-order valence-electron chi connectivity index (χ1n) is 6.53. The summed E-state index contributed by atoms with van der Waals surface area (Å²) in [4.78, 5) is 11.8. The molecule has 1 aromatic carbocycles. The van der Waals surface area contributed by atoms with Crippen LogP contribution in [0.1, 0.15) is 30.9 Å². The molecule has 19 heavy (non-hydrogen) atoms. The first-order valence-corrected chi connectivity index (χ1v) is 6.53. The van der Waals surface area contributed by atoms with Crippen molar-refractivity contribution in [3.8, 4) is 0 Å². The summed E-state index contributed by atoms with van der Waals surface area (Å²) < 4.78 is 13.4. The van der Waals surface area contributed by atoms with Gasteiger partial charge in [0.1, 0.15) is 5.82 Å². The summed E-state index contributed by atoms with van der Waals surface area (Å²) in [7, 11) is 0. The zero-order chi connectivity index (χ0) is 13.8. The number of nitrogens with one attached hydrogen (secondary N) is 1. The van der Waals surface area contributed by atoms with Gasteiger partial charge < -0.3 is 16.2 Å². The van der Waals surface area contributed by atoms with Gasteiger partial charge in [-0.25, -0.2) is 4.39 Å². The quantitative estimate of drug-likeness (QED) is 0.764. The van der Waals surface area contributed by atoms with Gasteiger partial charge in [-0.05, 0) is 25.3 Å². The smallest absolute Gasteiger partial charge is 0.223 e. The molecule has 1 aromatic rings. The molecule has 0 spiro atoms. The van der Waals surface area contributed by atoms with E-state index in [1.54, 1.807) is 12.1 Å². The fourth-order valence-electron chi connectivity index (χ4n) is 2.45. The Morgan fingerprint density at radius 1 is 1.47 bits per heavy atom. The Balaban J connectivity index is 1.85. The Labute approximate surface area is 111 Å². The van der Waals surface area contributed by atoms with Crippen LogP contribution in [0.4, 0.5) is 4.39 Å². The van der Waals surface area contributed by atoms with Crippen LogP contribution in [0.15, 0.2) is 24.3 Å². The van der Waals surface area contributed by atoms with E-state index >= 15 is 0 Å². The highest BCUT2D eigenvalue weighted by Crippen LogP contribution is 2.24. The van der Waals surface area contributed by atoms with Gasteiger partial charge in [0.2, 0.25) is 5.91 Å². The van der Waals surface area contributed by atoms with E-state index in [9.17, 15) is 14.3 Å². The van der Waals surface area contributed by atoms with Crippen molar-refractivity contribution in [2.75, 3.05) is 6.54 Å². The van der Waals surface area contributed by atoms with E-state index in [2.05, 4.69) is 5.32 Å².